The fourth-order valence-electron chi connectivity index (χ4n) is 5.72. The number of esters is 1. The molecule has 0 fully saturated rings. The van der Waals surface area contributed by atoms with E-state index in [0.717, 1.165) is 43.5 Å². The molecule has 1 aliphatic rings. The molecule has 0 saturated carbocycles. The molecule has 3 aromatic rings. The number of carbonyl (C=O) groups excluding carboxylic acids is 1. The predicted octanol–water partition coefficient (Wildman–Crippen LogP) is 6.52. The highest BCUT2D eigenvalue weighted by Crippen LogP contribution is 2.37. The van der Waals surface area contributed by atoms with Crippen molar-refractivity contribution < 1.29 is 19.0 Å². The molecule has 40 heavy (non-hydrogen) atoms. The molecule has 214 valence electrons. The lowest BCUT2D eigenvalue weighted by molar-refractivity contribution is -0.154. The Hall–Kier alpha value is -3.15. The highest BCUT2D eigenvalue weighted by molar-refractivity contribution is 5.75. The van der Waals surface area contributed by atoms with Crippen molar-refractivity contribution in [3.63, 3.8) is 0 Å². The van der Waals surface area contributed by atoms with Gasteiger partial charge >= 0.3 is 5.97 Å². The Bertz CT molecular complexity index is 1250. The normalized spacial score (nSPS) is 15.2. The van der Waals surface area contributed by atoms with Gasteiger partial charge < -0.3 is 14.2 Å². The first kappa shape index (κ1) is 29.8. The largest absolute Gasteiger partial charge is 0.492 e. The third kappa shape index (κ3) is 7.32. The van der Waals surface area contributed by atoms with Crippen molar-refractivity contribution in [2.45, 2.75) is 71.4 Å². The molecule has 0 N–H and O–H groups in total. The third-order valence-corrected chi connectivity index (χ3v) is 7.95. The molecular formula is C35H45NO4. The Morgan fingerprint density at radius 3 is 2.33 bits per heavy atom. The fraction of sp³-hybridized carbons (Fsp3) is 0.457. The molecule has 2 unspecified atom stereocenters. The van der Waals surface area contributed by atoms with Gasteiger partial charge in [0.2, 0.25) is 0 Å². The molecule has 0 bridgehead atoms. The van der Waals surface area contributed by atoms with E-state index in [2.05, 4.69) is 62.2 Å². The minimum Gasteiger partial charge on any atom is -0.492 e. The van der Waals surface area contributed by atoms with Crippen molar-refractivity contribution in [3.05, 3.63) is 99.6 Å². The van der Waals surface area contributed by atoms with Crippen LogP contribution in [0.3, 0.4) is 0 Å². The van der Waals surface area contributed by atoms with Crippen LogP contribution in [0.5, 0.6) is 5.75 Å². The molecule has 5 heteroatoms. The van der Waals surface area contributed by atoms with Gasteiger partial charge in [-0.3, -0.25) is 4.90 Å². The number of hydrogen-bond donors (Lipinski definition) is 0. The lowest BCUT2D eigenvalue weighted by Gasteiger charge is -2.31. The van der Waals surface area contributed by atoms with Crippen LogP contribution in [0.25, 0.3) is 0 Å². The van der Waals surface area contributed by atoms with Crippen LogP contribution >= 0.6 is 0 Å². The summed E-state index contributed by atoms with van der Waals surface area (Å²) in [5.41, 5.74) is 9.62. The van der Waals surface area contributed by atoms with Gasteiger partial charge in [0.25, 0.3) is 0 Å². The number of fused-ring (bicyclic) bond motifs is 2. The first-order valence-electron chi connectivity index (χ1n) is 14.8. The molecule has 0 aromatic heterocycles. The van der Waals surface area contributed by atoms with Gasteiger partial charge in [0, 0.05) is 20.1 Å². The first-order valence-corrected chi connectivity index (χ1v) is 14.8. The van der Waals surface area contributed by atoms with Gasteiger partial charge in [-0.1, -0.05) is 68.8 Å². The molecular weight excluding hydrogens is 498 g/mol. The van der Waals surface area contributed by atoms with E-state index in [1.165, 1.54) is 46.9 Å². The monoisotopic (exact) mass is 543 g/mol. The lowest BCUT2D eigenvalue weighted by atomic mass is 9.90. The van der Waals surface area contributed by atoms with Crippen molar-refractivity contribution in [3.8, 4) is 5.75 Å². The van der Waals surface area contributed by atoms with E-state index >= 15 is 0 Å². The van der Waals surface area contributed by atoms with E-state index in [-0.39, 0.29) is 12.0 Å². The van der Waals surface area contributed by atoms with E-state index < -0.39 is 6.10 Å². The summed E-state index contributed by atoms with van der Waals surface area (Å²) < 4.78 is 16.6. The zero-order valence-corrected chi connectivity index (χ0v) is 24.9. The molecule has 0 amide bonds. The maximum absolute atomic E-state index is 12.1. The number of nitrogens with zero attached hydrogens (tertiary/aromatic N) is 1. The summed E-state index contributed by atoms with van der Waals surface area (Å²) in [6, 6.07) is 22.3. The maximum atomic E-state index is 12.1. The van der Waals surface area contributed by atoms with Gasteiger partial charge in [-0.05, 0) is 90.7 Å². The number of hydrogen-bond acceptors (Lipinski definition) is 5. The predicted molar refractivity (Wildman–Crippen MR) is 161 cm³/mol. The molecule has 2 atom stereocenters. The topological polar surface area (TPSA) is 48.0 Å². The third-order valence-electron chi connectivity index (χ3n) is 7.95. The van der Waals surface area contributed by atoms with Gasteiger partial charge in [0.05, 0.1) is 12.6 Å². The summed E-state index contributed by atoms with van der Waals surface area (Å²) >= 11 is 0. The Kier molecular flexibility index (Phi) is 10.8. The quantitative estimate of drug-likeness (QED) is 0.230. The summed E-state index contributed by atoms with van der Waals surface area (Å²) in [5.74, 6) is 0.490. The summed E-state index contributed by atoms with van der Waals surface area (Å²) in [4.78, 5) is 14.5. The molecule has 3 aromatic carbocycles. The zero-order valence-electron chi connectivity index (χ0n) is 24.9. The number of methoxy groups -OCH3 is 1. The Morgan fingerprint density at radius 2 is 1.62 bits per heavy atom. The zero-order chi connectivity index (χ0) is 28.5. The second kappa shape index (κ2) is 14.5. The number of carbonyl (C=O) groups is 1. The molecule has 4 rings (SSSR count). The second-order valence-electron chi connectivity index (χ2n) is 10.7. The van der Waals surface area contributed by atoms with Gasteiger partial charge in [-0.2, -0.15) is 0 Å². The Labute approximate surface area is 240 Å². The van der Waals surface area contributed by atoms with Crippen molar-refractivity contribution in [2.75, 3.05) is 33.9 Å². The Balaban J connectivity index is 1.46. The minimum atomic E-state index is -0.600. The van der Waals surface area contributed by atoms with Gasteiger partial charge in [0.15, 0.2) is 6.10 Å². The van der Waals surface area contributed by atoms with Crippen LogP contribution in [0.15, 0.2) is 60.7 Å². The molecule has 1 aliphatic carbocycles. The first-order chi connectivity index (χ1) is 19.5. The molecule has 0 saturated heterocycles. The maximum Gasteiger partial charge on any atom is 0.335 e. The van der Waals surface area contributed by atoms with Gasteiger partial charge in [0.1, 0.15) is 12.4 Å². The summed E-state index contributed by atoms with van der Waals surface area (Å²) in [6.45, 7) is 8.01. The molecule has 0 heterocycles. The molecule has 5 nitrogen and oxygen atoms in total. The van der Waals surface area contributed by atoms with Crippen LogP contribution in [-0.2, 0) is 46.4 Å². The number of rotatable bonds is 13. The number of aryl methyl sites for hydroxylation is 4. The van der Waals surface area contributed by atoms with E-state index in [9.17, 15) is 4.79 Å². The van der Waals surface area contributed by atoms with Crippen LogP contribution in [0, 0.1) is 0 Å². The van der Waals surface area contributed by atoms with Crippen LogP contribution in [0.4, 0.5) is 0 Å². The average Bonchev–Trinajstić information content (AvgIpc) is 3.13. The highest BCUT2D eigenvalue weighted by Gasteiger charge is 2.27. The van der Waals surface area contributed by atoms with Crippen molar-refractivity contribution >= 4 is 5.97 Å². The minimum absolute atomic E-state index is 0.203. The van der Waals surface area contributed by atoms with Crippen molar-refractivity contribution in [1.82, 2.24) is 4.90 Å². The molecule has 0 spiro atoms. The van der Waals surface area contributed by atoms with Crippen LogP contribution < -0.4 is 4.74 Å². The summed E-state index contributed by atoms with van der Waals surface area (Å²) in [6.07, 6.45) is 5.36. The average molecular weight is 544 g/mol. The second-order valence-corrected chi connectivity index (χ2v) is 10.7. The van der Waals surface area contributed by atoms with Crippen molar-refractivity contribution in [1.29, 1.82) is 0 Å². The molecule has 0 radical (unpaired) electrons. The van der Waals surface area contributed by atoms with E-state index in [1.54, 1.807) is 6.92 Å². The van der Waals surface area contributed by atoms with E-state index in [0.29, 0.717) is 19.6 Å². The Morgan fingerprint density at radius 1 is 0.900 bits per heavy atom. The van der Waals surface area contributed by atoms with E-state index in [4.69, 9.17) is 14.2 Å². The summed E-state index contributed by atoms with van der Waals surface area (Å²) in [5, 5.41) is 0. The highest BCUT2D eigenvalue weighted by atomic mass is 16.6. The van der Waals surface area contributed by atoms with Gasteiger partial charge in [-0.25, -0.2) is 4.79 Å². The number of benzene rings is 3. The van der Waals surface area contributed by atoms with Crippen LogP contribution in [0.1, 0.15) is 72.2 Å². The fourth-order valence-corrected chi connectivity index (χ4v) is 5.72. The van der Waals surface area contributed by atoms with E-state index in [1.807, 2.05) is 24.3 Å². The summed E-state index contributed by atoms with van der Waals surface area (Å²) in [7, 11) is 3.75. The van der Waals surface area contributed by atoms with Gasteiger partial charge in [-0.15, -0.1) is 0 Å². The number of ether oxygens (including phenoxy) is 3. The van der Waals surface area contributed by atoms with Crippen LogP contribution in [0.2, 0.25) is 0 Å². The SMILES string of the molecule is CCCc1ccc2c(c1)CCc1ccc(CC)cc1C2N(C)CCOc1ccc(CC(OC)C(=O)OCC)cc1. The van der Waals surface area contributed by atoms with Crippen LogP contribution in [-0.4, -0.2) is 50.9 Å². The number of likely N-dealkylation sites (N-methyl/N-ethyl adjacent to an activating group) is 1. The smallest absolute Gasteiger partial charge is 0.335 e. The standard InChI is InChI=1S/C35H45NO4/c1-6-9-26-13-19-31-29(22-26)16-15-28-14-10-25(7-2)23-32(28)34(31)36(4)20-21-40-30-17-11-27(12-18-30)24-33(38-5)35(37)39-8-3/h10-14,17-19,22-23,33-34H,6-9,15-16,20-21,24H2,1-5H3. The molecule has 0 aliphatic heterocycles. The van der Waals surface area contributed by atoms with Crippen molar-refractivity contribution in [2.24, 2.45) is 0 Å². The lowest BCUT2D eigenvalue weighted by Crippen LogP contribution is -2.30.